The van der Waals surface area contributed by atoms with Crippen molar-refractivity contribution in [2.75, 3.05) is 25.5 Å². The molecule has 1 amide bonds. The largest absolute Gasteiger partial charge is 0.378 e. The molecule has 0 aliphatic rings. The van der Waals surface area contributed by atoms with Crippen LogP contribution in [-0.4, -0.2) is 31.4 Å². The van der Waals surface area contributed by atoms with Gasteiger partial charge in [0.2, 0.25) is 5.91 Å². The van der Waals surface area contributed by atoms with Gasteiger partial charge in [-0.1, -0.05) is 19.1 Å². The Hall–Kier alpha value is -1.51. The van der Waals surface area contributed by atoms with Crippen LogP contribution >= 0.6 is 0 Å². The van der Waals surface area contributed by atoms with Crippen LogP contribution in [0.3, 0.4) is 0 Å². The van der Waals surface area contributed by atoms with Gasteiger partial charge in [-0.25, -0.2) is 0 Å². The molecular weight excluding hydrogens is 224 g/mol. The molecule has 3 heteroatoms. The van der Waals surface area contributed by atoms with Crippen LogP contribution in [0.5, 0.6) is 0 Å². The Kier molecular flexibility index (Phi) is 5.69. The van der Waals surface area contributed by atoms with Gasteiger partial charge in [-0.05, 0) is 31.0 Å². The first-order chi connectivity index (χ1) is 8.58. The van der Waals surface area contributed by atoms with E-state index in [-0.39, 0.29) is 5.91 Å². The summed E-state index contributed by atoms with van der Waals surface area (Å²) in [5, 5.41) is 0. The number of hydrogen-bond acceptors (Lipinski definition) is 2. The highest BCUT2D eigenvalue weighted by atomic mass is 16.2. The van der Waals surface area contributed by atoms with Gasteiger partial charge in [-0.15, -0.1) is 0 Å². The minimum atomic E-state index is 0.247. The molecule has 1 aromatic rings. The number of hydrogen-bond donors (Lipinski definition) is 0. The molecule has 0 fully saturated rings. The maximum Gasteiger partial charge on any atom is 0.222 e. The van der Waals surface area contributed by atoms with Gasteiger partial charge in [0.05, 0.1) is 0 Å². The van der Waals surface area contributed by atoms with E-state index in [1.807, 2.05) is 32.8 Å². The summed E-state index contributed by atoms with van der Waals surface area (Å²) in [4.78, 5) is 15.9. The van der Waals surface area contributed by atoms with Crippen LogP contribution in [0.4, 0.5) is 5.69 Å². The Labute approximate surface area is 110 Å². The third-order valence-corrected chi connectivity index (χ3v) is 3.02. The summed E-state index contributed by atoms with van der Waals surface area (Å²) in [5.41, 5.74) is 2.37. The van der Waals surface area contributed by atoms with Crippen molar-refractivity contribution in [1.29, 1.82) is 0 Å². The zero-order valence-corrected chi connectivity index (χ0v) is 11.9. The lowest BCUT2D eigenvalue weighted by molar-refractivity contribution is -0.131. The molecule has 1 aromatic carbocycles. The summed E-state index contributed by atoms with van der Waals surface area (Å²) in [7, 11) is 4.05. The first kappa shape index (κ1) is 14.6. The number of anilines is 1. The maximum atomic E-state index is 11.9. The van der Waals surface area contributed by atoms with Gasteiger partial charge in [-0.2, -0.15) is 0 Å². The average Bonchev–Trinajstić information content (AvgIpc) is 2.36. The fraction of sp³-hybridized carbons (Fsp3) is 0.533. The van der Waals surface area contributed by atoms with E-state index in [2.05, 4.69) is 29.2 Å². The Morgan fingerprint density at radius 1 is 1.11 bits per heavy atom. The van der Waals surface area contributed by atoms with E-state index in [1.54, 1.807) is 0 Å². The fourth-order valence-corrected chi connectivity index (χ4v) is 1.87. The number of benzene rings is 1. The van der Waals surface area contributed by atoms with Crippen molar-refractivity contribution in [2.24, 2.45) is 0 Å². The van der Waals surface area contributed by atoms with Crippen LogP contribution < -0.4 is 4.90 Å². The number of carbonyl (C=O) groups is 1. The van der Waals surface area contributed by atoms with Crippen LogP contribution in [0.1, 0.15) is 32.3 Å². The van der Waals surface area contributed by atoms with E-state index in [0.29, 0.717) is 13.0 Å². The lowest BCUT2D eigenvalue weighted by Gasteiger charge is -2.21. The number of amides is 1. The van der Waals surface area contributed by atoms with Crippen molar-refractivity contribution < 1.29 is 4.79 Å². The molecule has 1 rings (SSSR count). The highest BCUT2D eigenvalue weighted by Crippen LogP contribution is 2.14. The van der Waals surface area contributed by atoms with Crippen molar-refractivity contribution in [3.05, 3.63) is 29.8 Å². The second-order valence-electron chi connectivity index (χ2n) is 4.72. The normalized spacial score (nSPS) is 10.2. The molecule has 3 nitrogen and oxygen atoms in total. The molecule has 0 radical (unpaired) electrons. The summed E-state index contributed by atoms with van der Waals surface area (Å²) in [6.07, 6.45) is 1.55. The highest BCUT2D eigenvalue weighted by molar-refractivity contribution is 5.76. The molecule has 0 saturated heterocycles. The Bertz CT molecular complexity index is 371. The van der Waals surface area contributed by atoms with E-state index in [1.165, 1.54) is 11.3 Å². The van der Waals surface area contributed by atoms with E-state index in [4.69, 9.17) is 0 Å². The lowest BCUT2D eigenvalue weighted by atomic mass is 10.1. The molecule has 18 heavy (non-hydrogen) atoms. The topological polar surface area (TPSA) is 23.6 Å². The number of rotatable bonds is 6. The second kappa shape index (κ2) is 7.04. The van der Waals surface area contributed by atoms with Gasteiger partial charge in [0, 0.05) is 39.3 Å². The highest BCUT2D eigenvalue weighted by Gasteiger charge is 2.10. The molecule has 0 aliphatic heterocycles. The molecule has 0 spiro atoms. The Morgan fingerprint density at radius 3 is 2.17 bits per heavy atom. The number of carbonyl (C=O) groups excluding carboxylic acids is 1. The third-order valence-electron chi connectivity index (χ3n) is 3.02. The van der Waals surface area contributed by atoms with Gasteiger partial charge in [0.25, 0.3) is 0 Å². The van der Waals surface area contributed by atoms with Gasteiger partial charge < -0.3 is 9.80 Å². The quantitative estimate of drug-likeness (QED) is 0.773. The smallest absolute Gasteiger partial charge is 0.222 e. The molecule has 0 bridgehead atoms. The number of nitrogens with zero attached hydrogens (tertiary/aromatic N) is 2. The molecule has 0 heterocycles. The van der Waals surface area contributed by atoms with E-state index in [0.717, 1.165) is 13.0 Å². The predicted octanol–water partition coefficient (Wildman–Crippen LogP) is 2.90. The molecule has 0 N–H and O–H groups in total. The maximum absolute atomic E-state index is 11.9. The van der Waals surface area contributed by atoms with Crippen LogP contribution in [0.2, 0.25) is 0 Å². The van der Waals surface area contributed by atoms with E-state index >= 15 is 0 Å². The van der Waals surface area contributed by atoms with Gasteiger partial charge in [-0.3, -0.25) is 4.79 Å². The summed E-state index contributed by atoms with van der Waals surface area (Å²) < 4.78 is 0. The predicted molar refractivity (Wildman–Crippen MR) is 76.8 cm³/mol. The van der Waals surface area contributed by atoms with Crippen molar-refractivity contribution >= 4 is 11.6 Å². The average molecular weight is 248 g/mol. The summed E-state index contributed by atoms with van der Waals surface area (Å²) in [5.74, 6) is 0.247. The SMILES string of the molecule is CCCC(=O)N(CC)Cc1ccc(N(C)C)cc1. The van der Waals surface area contributed by atoms with Crippen molar-refractivity contribution in [3.63, 3.8) is 0 Å². The van der Waals surface area contributed by atoms with Crippen LogP contribution in [0.15, 0.2) is 24.3 Å². The zero-order valence-electron chi connectivity index (χ0n) is 11.9. The summed E-state index contributed by atoms with van der Waals surface area (Å²) in [6.45, 7) is 5.55. The lowest BCUT2D eigenvalue weighted by Crippen LogP contribution is -2.29. The van der Waals surface area contributed by atoms with Gasteiger partial charge in [0.15, 0.2) is 0 Å². The summed E-state index contributed by atoms with van der Waals surface area (Å²) >= 11 is 0. The Morgan fingerprint density at radius 2 is 1.72 bits per heavy atom. The third kappa shape index (κ3) is 4.06. The molecule has 0 saturated carbocycles. The van der Waals surface area contributed by atoms with Crippen LogP contribution in [0.25, 0.3) is 0 Å². The van der Waals surface area contributed by atoms with Crippen LogP contribution in [0, 0.1) is 0 Å². The van der Waals surface area contributed by atoms with E-state index in [9.17, 15) is 4.79 Å². The van der Waals surface area contributed by atoms with Crippen molar-refractivity contribution in [2.45, 2.75) is 33.2 Å². The zero-order chi connectivity index (χ0) is 13.5. The monoisotopic (exact) mass is 248 g/mol. The minimum absolute atomic E-state index is 0.247. The molecule has 100 valence electrons. The standard InChI is InChI=1S/C15H24N2O/c1-5-7-15(18)17(6-2)12-13-8-10-14(11-9-13)16(3)4/h8-11H,5-7,12H2,1-4H3. The fourth-order valence-electron chi connectivity index (χ4n) is 1.87. The second-order valence-corrected chi connectivity index (χ2v) is 4.72. The molecule has 0 aromatic heterocycles. The first-order valence-corrected chi connectivity index (χ1v) is 6.62. The molecule has 0 atom stereocenters. The first-order valence-electron chi connectivity index (χ1n) is 6.62. The molecule has 0 unspecified atom stereocenters. The van der Waals surface area contributed by atoms with Crippen molar-refractivity contribution in [3.8, 4) is 0 Å². The van der Waals surface area contributed by atoms with E-state index < -0.39 is 0 Å². The molecular formula is C15H24N2O. The summed E-state index contributed by atoms with van der Waals surface area (Å²) in [6, 6.07) is 8.37. The van der Waals surface area contributed by atoms with Gasteiger partial charge >= 0.3 is 0 Å². The van der Waals surface area contributed by atoms with Gasteiger partial charge in [0.1, 0.15) is 0 Å². The minimum Gasteiger partial charge on any atom is -0.378 e. The van der Waals surface area contributed by atoms with Crippen molar-refractivity contribution in [1.82, 2.24) is 4.90 Å². The van der Waals surface area contributed by atoms with Crippen LogP contribution in [-0.2, 0) is 11.3 Å². The molecule has 0 aliphatic carbocycles. The Balaban J connectivity index is 2.67.